The van der Waals surface area contributed by atoms with Crippen LogP contribution >= 0.6 is 23.2 Å². The normalized spacial score (nSPS) is 10.8. The summed E-state index contributed by atoms with van der Waals surface area (Å²) >= 11 is 11.7. The average molecular weight is 367 g/mol. The minimum absolute atomic E-state index is 0.105. The predicted octanol–water partition coefficient (Wildman–Crippen LogP) is 3.84. The van der Waals surface area contributed by atoms with E-state index in [9.17, 15) is 9.90 Å². The van der Waals surface area contributed by atoms with Gasteiger partial charge in [-0.3, -0.25) is 4.79 Å². The smallest absolute Gasteiger partial charge is 0.277 e. The molecule has 1 amide bonds. The summed E-state index contributed by atoms with van der Waals surface area (Å²) in [5.74, 6) is 0.0864. The molecule has 126 valence electrons. The van der Waals surface area contributed by atoms with Gasteiger partial charge in [0.15, 0.2) is 6.61 Å². The van der Waals surface area contributed by atoms with Crippen LogP contribution in [-0.4, -0.2) is 23.8 Å². The molecule has 2 aromatic carbocycles. The van der Waals surface area contributed by atoms with E-state index in [0.717, 1.165) is 11.1 Å². The number of phenols is 1. The molecule has 0 aliphatic heterocycles. The van der Waals surface area contributed by atoms with E-state index < -0.39 is 5.91 Å². The number of hydrogen-bond acceptors (Lipinski definition) is 4. The Kier molecular flexibility index (Phi) is 6.06. The van der Waals surface area contributed by atoms with E-state index in [2.05, 4.69) is 10.5 Å². The number of nitrogens with zero attached hydrogens (tertiary/aromatic N) is 1. The van der Waals surface area contributed by atoms with Crippen molar-refractivity contribution in [1.82, 2.24) is 5.43 Å². The van der Waals surface area contributed by atoms with Crippen LogP contribution in [0, 0.1) is 13.8 Å². The number of ether oxygens (including phenoxy) is 1. The third-order valence-electron chi connectivity index (χ3n) is 3.21. The third kappa shape index (κ3) is 4.63. The quantitative estimate of drug-likeness (QED) is 0.623. The molecule has 0 saturated carbocycles. The summed E-state index contributed by atoms with van der Waals surface area (Å²) in [6, 6.07) is 8.62. The first kappa shape index (κ1) is 18.1. The van der Waals surface area contributed by atoms with Gasteiger partial charge < -0.3 is 9.84 Å². The Morgan fingerprint density at radius 3 is 2.62 bits per heavy atom. The first-order valence-electron chi connectivity index (χ1n) is 7.07. The topological polar surface area (TPSA) is 70.9 Å². The van der Waals surface area contributed by atoms with Crippen LogP contribution in [0.4, 0.5) is 0 Å². The largest absolute Gasteiger partial charge is 0.506 e. The average Bonchev–Trinajstić information content (AvgIpc) is 2.51. The monoisotopic (exact) mass is 366 g/mol. The summed E-state index contributed by atoms with van der Waals surface area (Å²) in [4.78, 5) is 11.8. The number of nitrogens with one attached hydrogen (secondary N) is 1. The number of carbonyl (C=O) groups is 1. The summed E-state index contributed by atoms with van der Waals surface area (Å²) in [5.41, 5.74) is 4.51. The molecule has 0 unspecified atom stereocenters. The van der Waals surface area contributed by atoms with E-state index >= 15 is 0 Å². The zero-order valence-corrected chi connectivity index (χ0v) is 14.6. The second kappa shape index (κ2) is 8.04. The minimum Gasteiger partial charge on any atom is -0.506 e. The molecule has 0 heterocycles. The van der Waals surface area contributed by atoms with Crippen molar-refractivity contribution in [1.29, 1.82) is 0 Å². The number of amides is 1. The van der Waals surface area contributed by atoms with Gasteiger partial charge in [0.1, 0.15) is 11.5 Å². The molecule has 2 rings (SSSR count). The molecule has 0 fully saturated rings. The van der Waals surface area contributed by atoms with E-state index in [1.54, 1.807) is 0 Å². The van der Waals surface area contributed by atoms with Gasteiger partial charge in [-0.2, -0.15) is 5.10 Å². The fourth-order valence-corrected chi connectivity index (χ4v) is 2.56. The maximum absolute atomic E-state index is 11.8. The second-order valence-electron chi connectivity index (χ2n) is 5.13. The van der Waals surface area contributed by atoms with Crippen molar-refractivity contribution in [2.75, 3.05) is 6.61 Å². The van der Waals surface area contributed by atoms with Crippen LogP contribution in [0.2, 0.25) is 10.0 Å². The number of aromatic hydroxyl groups is 1. The van der Waals surface area contributed by atoms with Crippen molar-refractivity contribution in [3.8, 4) is 11.5 Å². The van der Waals surface area contributed by atoms with Gasteiger partial charge in [0.2, 0.25) is 0 Å². The summed E-state index contributed by atoms with van der Waals surface area (Å²) in [6.45, 7) is 3.64. The van der Waals surface area contributed by atoms with Crippen LogP contribution in [0.15, 0.2) is 35.4 Å². The standard InChI is InChI=1S/C17H16Cl2N2O3/c1-10-4-3-5-11(2)17(10)24-9-15(22)21-20-8-12-6-13(18)7-14(19)16(12)23/h3-8,23H,9H2,1-2H3,(H,21,22). The van der Waals surface area contributed by atoms with Crippen LogP contribution in [0.25, 0.3) is 0 Å². The van der Waals surface area contributed by atoms with Crippen molar-refractivity contribution >= 4 is 35.3 Å². The number of halogens is 2. The highest BCUT2D eigenvalue weighted by atomic mass is 35.5. The van der Waals surface area contributed by atoms with E-state index in [1.165, 1.54) is 18.3 Å². The number of rotatable bonds is 5. The maximum atomic E-state index is 11.8. The number of hydrazone groups is 1. The lowest BCUT2D eigenvalue weighted by molar-refractivity contribution is -0.123. The lowest BCUT2D eigenvalue weighted by Gasteiger charge is -2.10. The zero-order chi connectivity index (χ0) is 17.7. The molecule has 0 spiro atoms. The lowest BCUT2D eigenvalue weighted by Crippen LogP contribution is -2.25. The number of para-hydroxylation sites is 1. The SMILES string of the molecule is Cc1cccc(C)c1OCC(=O)NN=Cc1cc(Cl)cc(Cl)c1O. The molecule has 0 atom stereocenters. The summed E-state index contributed by atoms with van der Waals surface area (Å²) in [5, 5.41) is 14.0. The first-order chi connectivity index (χ1) is 11.4. The zero-order valence-electron chi connectivity index (χ0n) is 13.1. The molecule has 0 aliphatic rings. The molecular weight excluding hydrogens is 351 g/mol. The van der Waals surface area contributed by atoms with Gasteiger partial charge in [0.05, 0.1) is 11.2 Å². The van der Waals surface area contributed by atoms with Crippen molar-refractivity contribution in [3.63, 3.8) is 0 Å². The van der Waals surface area contributed by atoms with Crippen LogP contribution in [0.5, 0.6) is 11.5 Å². The van der Waals surface area contributed by atoms with Gasteiger partial charge in [-0.15, -0.1) is 0 Å². The van der Waals surface area contributed by atoms with Crippen molar-refractivity contribution < 1.29 is 14.6 Å². The molecule has 0 radical (unpaired) electrons. The highest BCUT2D eigenvalue weighted by molar-refractivity contribution is 6.36. The number of phenolic OH excluding ortho intramolecular Hbond substituents is 1. The van der Waals surface area contributed by atoms with E-state index in [-0.39, 0.29) is 17.4 Å². The van der Waals surface area contributed by atoms with E-state index in [0.29, 0.717) is 16.3 Å². The Morgan fingerprint density at radius 2 is 1.96 bits per heavy atom. The van der Waals surface area contributed by atoms with Gasteiger partial charge in [-0.1, -0.05) is 41.4 Å². The number of hydrogen-bond donors (Lipinski definition) is 2. The molecule has 24 heavy (non-hydrogen) atoms. The van der Waals surface area contributed by atoms with Gasteiger partial charge in [0.25, 0.3) is 5.91 Å². The molecule has 5 nitrogen and oxygen atoms in total. The fourth-order valence-electron chi connectivity index (χ4n) is 2.05. The highest BCUT2D eigenvalue weighted by Gasteiger charge is 2.08. The highest BCUT2D eigenvalue weighted by Crippen LogP contribution is 2.29. The van der Waals surface area contributed by atoms with Gasteiger partial charge in [-0.05, 0) is 37.1 Å². The Morgan fingerprint density at radius 1 is 1.29 bits per heavy atom. The molecule has 2 aromatic rings. The van der Waals surface area contributed by atoms with Crippen LogP contribution in [0.3, 0.4) is 0 Å². The van der Waals surface area contributed by atoms with Gasteiger partial charge >= 0.3 is 0 Å². The molecule has 0 bridgehead atoms. The molecular formula is C17H16Cl2N2O3. The van der Waals surface area contributed by atoms with E-state index in [4.69, 9.17) is 27.9 Å². The van der Waals surface area contributed by atoms with Crippen molar-refractivity contribution in [3.05, 3.63) is 57.1 Å². The fraction of sp³-hybridized carbons (Fsp3) is 0.176. The Hall–Kier alpha value is -2.24. The van der Waals surface area contributed by atoms with Crippen molar-refractivity contribution in [2.45, 2.75) is 13.8 Å². The van der Waals surface area contributed by atoms with E-state index in [1.807, 2.05) is 32.0 Å². The number of benzene rings is 2. The number of carbonyl (C=O) groups excluding carboxylic acids is 1. The summed E-state index contributed by atoms with van der Waals surface area (Å²) in [7, 11) is 0. The third-order valence-corrected chi connectivity index (χ3v) is 3.71. The van der Waals surface area contributed by atoms with Crippen LogP contribution in [0.1, 0.15) is 16.7 Å². The Balaban J connectivity index is 1.94. The first-order valence-corrected chi connectivity index (χ1v) is 7.83. The number of aryl methyl sites for hydroxylation is 2. The van der Waals surface area contributed by atoms with Crippen LogP contribution < -0.4 is 10.2 Å². The Labute approximate surface area is 149 Å². The molecule has 2 N–H and O–H groups in total. The van der Waals surface area contributed by atoms with Gasteiger partial charge in [-0.25, -0.2) is 5.43 Å². The summed E-state index contributed by atoms with van der Waals surface area (Å²) in [6.07, 6.45) is 1.25. The van der Waals surface area contributed by atoms with Crippen molar-refractivity contribution in [2.24, 2.45) is 5.10 Å². The molecule has 7 heteroatoms. The van der Waals surface area contributed by atoms with Gasteiger partial charge in [0, 0.05) is 10.6 Å². The molecule has 0 saturated heterocycles. The Bertz CT molecular complexity index is 771. The summed E-state index contributed by atoms with van der Waals surface area (Å²) < 4.78 is 5.52. The maximum Gasteiger partial charge on any atom is 0.277 e. The second-order valence-corrected chi connectivity index (χ2v) is 5.97. The van der Waals surface area contributed by atoms with Crippen LogP contribution in [-0.2, 0) is 4.79 Å². The minimum atomic E-state index is -0.429. The molecule has 0 aliphatic carbocycles. The molecule has 0 aromatic heterocycles. The predicted molar refractivity (Wildman–Crippen MR) is 95.3 cm³/mol. The lowest BCUT2D eigenvalue weighted by atomic mass is 10.1.